The Bertz CT molecular complexity index is 421. The molecule has 0 aromatic heterocycles. The smallest absolute Gasteiger partial charge is 0.0935 e. The van der Waals surface area contributed by atoms with Crippen LogP contribution in [0.5, 0.6) is 17.2 Å². The number of hydrogen-bond acceptors (Lipinski definition) is 4. The molecular weight excluding hydrogens is 347 g/mol. The van der Waals surface area contributed by atoms with E-state index in [1.807, 2.05) is 34.6 Å². The molecule has 0 aliphatic rings. The van der Waals surface area contributed by atoms with Gasteiger partial charge in [-0.3, -0.25) is 0 Å². The second-order valence-corrected chi connectivity index (χ2v) is 4.15. The molecule has 0 saturated heterocycles. The zero-order valence-electron chi connectivity index (χ0n) is 13.7. The summed E-state index contributed by atoms with van der Waals surface area (Å²) in [5, 5.41) is 0. The van der Waals surface area contributed by atoms with Gasteiger partial charge in [0, 0.05) is 32.8 Å². The third-order valence-corrected chi connectivity index (χ3v) is 2.68. The minimum Gasteiger partial charge on any atom is -0.547 e. The summed E-state index contributed by atoms with van der Waals surface area (Å²) >= 11 is 0. The van der Waals surface area contributed by atoms with Crippen LogP contribution in [0, 0.1) is 13.0 Å². The zero-order valence-corrected chi connectivity index (χ0v) is 16.1. The molecule has 21 heavy (non-hydrogen) atoms. The van der Waals surface area contributed by atoms with Crippen molar-refractivity contribution in [1.29, 1.82) is 0 Å². The summed E-state index contributed by atoms with van der Waals surface area (Å²) in [5.41, 5.74) is 1.78. The summed E-state index contributed by atoms with van der Waals surface area (Å²) in [4.78, 5) is 0. The van der Waals surface area contributed by atoms with Gasteiger partial charge in [0.15, 0.2) is 0 Å². The van der Waals surface area contributed by atoms with E-state index in [0.29, 0.717) is 50.3 Å². The van der Waals surface area contributed by atoms with Gasteiger partial charge < -0.3 is 18.9 Å². The molecule has 0 bridgehead atoms. The van der Waals surface area contributed by atoms with Gasteiger partial charge in [-0.05, 0) is 27.7 Å². The van der Waals surface area contributed by atoms with Crippen molar-refractivity contribution < 1.29 is 45.2 Å². The summed E-state index contributed by atoms with van der Waals surface area (Å²) < 4.78 is 22.7. The van der Waals surface area contributed by atoms with Crippen molar-refractivity contribution >= 4 is 0 Å². The maximum absolute atomic E-state index is 5.75. The fourth-order valence-corrected chi connectivity index (χ4v) is 1.95. The van der Waals surface area contributed by atoms with Gasteiger partial charge in [-0.25, -0.2) is 0 Å². The molecule has 1 aromatic rings. The Kier molecular flexibility index (Phi) is 10.8. The molecule has 1 rings (SSSR count). The van der Waals surface area contributed by atoms with Gasteiger partial charge in [0.1, 0.15) is 0 Å². The van der Waals surface area contributed by atoms with Crippen LogP contribution in [0.3, 0.4) is 0 Å². The predicted octanol–water partition coefficient (Wildman–Crippen LogP) is 3.53. The fourth-order valence-electron chi connectivity index (χ4n) is 1.95. The van der Waals surface area contributed by atoms with Gasteiger partial charge in [0.2, 0.25) is 0 Å². The first kappa shape index (κ1) is 20.5. The first-order valence-electron chi connectivity index (χ1n) is 7.24. The van der Waals surface area contributed by atoms with Crippen LogP contribution >= 0.6 is 0 Å². The number of aryl methyl sites for hydroxylation is 1. The Hall–Kier alpha value is -0.537. The van der Waals surface area contributed by atoms with E-state index >= 15 is 0 Å². The van der Waals surface area contributed by atoms with E-state index in [1.165, 1.54) is 0 Å². The minimum absolute atomic E-state index is 0. The van der Waals surface area contributed by atoms with Crippen molar-refractivity contribution in [1.82, 2.24) is 0 Å². The molecule has 0 spiro atoms. The molecule has 1 aromatic carbocycles. The van der Waals surface area contributed by atoms with Crippen LogP contribution in [0.1, 0.15) is 38.8 Å². The van der Waals surface area contributed by atoms with E-state index in [9.17, 15) is 0 Å². The topological polar surface area (TPSA) is 36.9 Å². The Labute approximate surface area is 147 Å². The molecule has 0 unspecified atom stereocenters. The maximum atomic E-state index is 5.75. The normalized spacial score (nSPS) is 9.95. The van der Waals surface area contributed by atoms with Crippen LogP contribution in [0.15, 0.2) is 0 Å². The molecule has 0 saturated carbocycles. The van der Waals surface area contributed by atoms with Gasteiger partial charge in [-0.1, -0.05) is 12.5 Å². The Morgan fingerprint density at radius 2 is 1.29 bits per heavy atom. The SMILES string of the molecule is CCOCc1[c-]c(C)c(OCC)c(OCC)c1OCC.[Zr]. The van der Waals surface area contributed by atoms with E-state index < -0.39 is 0 Å². The quantitative estimate of drug-likeness (QED) is 0.622. The molecule has 5 heteroatoms. The fraction of sp³-hybridized carbons (Fsp3) is 0.625. The van der Waals surface area contributed by atoms with Crippen molar-refractivity contribution in [3.63, 3.8) is 0 Å². The summed E-state index contributed by atoms with van der Waals surface area (Å²) in [5.74, 6) is 2.04. The number of hydrogen-bond donors (Lipinski definition) is 0. The molecule has 0 N–H and O–H groups in total. The first-order chi connectivity index (χ1) is 9.69. The van der Waals surface area contributed by atoms with Crippen LogP contribution in [0.2, 0.25) is 0 Å². The van der Waals surface area contributed by atoms with Crippen molar-refractivity contribution in [2.75, 3.05) is 26.4 Å². The van der Waals surface area contributed by atoms with E-state index in [-0.39, 0.29) is 26.2 Å². The standard InChI is InChI=1S/C16H25O4.Zr/c1-6-17-11-13-10-12(5)14(18-7-2)16(20-9-4)15(13)19-8-3;/h6-9,11H2,1-5H3;/q-1;. The summed E-state index contributed by atoms with van der Waals surface area (Å²) in [6, 6.07) is 3.29. The zero-order chi connectivity index (χ0) is 15.0. The molecule has 4 nitrogen and oxygen atoms in total. The van der Waals surface area contributed by atoms with Crippen molar-refractivity contribution in [3.8, 4) is 17.2 Å². The van der Waals surface area contributed by atoms with E-state index in [4.69, 9.17) is 18.9 Å². The second-order valence-electron chi connectivity index (χ2n) is 4.15. The van der Waals surface area contributed by atoms with Gasteiger partial charge in [-0.15, -0.1) is 5.56 Å². The van der Waals surface area contributed by atoms with Gasteiger partial charge in [0.05, 0.1) is 43.7 Å². The molecule has 0 amide bonds. The Morgan fingerprint density at radius 1 is 0.762 bits per heavy atom. The first-order valence-corrected chi connectivity index (χ1v) is 7.24. The summed E-state index contributed by atoms with van der Waals surface area (Å²) in [7, 11) is 0. The van der Waals surface area contributed by atoms with Crippen molar-refractivity contribution in [2.24, 2.45) is 0 Å². The number of benzene rings is 1. The minimum atomic E-state index is 0. The van der Waals surface area contributed by atoms with E-state index in [1.54, 1.807) is 0 Å². The number of ether oxygens (including phenoxy) is 4. The summed E-state index contributed by atoms with van der Waals surface area (Å²) in [6.07, 6.45) is 0. The average Bonchev–Trinajstić information content (AvgIpc) is 2.44. The largest absolute Gasteiger partial charge is 0.547 e. The Morgan fingerprint density at radius 3 is 1.81 bits per heavy atom. The molecule has 0 radical (unpaired) electrons. The third kappa shape index (κ3) is 5.63. The second kappa shape index (κ2) is 11.1. The summed E-state index contributed by atoms with van der Waals surface area (Å²) in [6.45, 7) is 12.5. The average molecular weight is 373 g/mol. The molecule has 0 atom stereocenters. The molecule has 118 valence electrons. The maximum Gasteiger partial charge on any atom is 0.0935 e. The predicted molar refractivity (Wildman–Crippen MR) is 78.9 cm³/mol. The van der Waals surface area contributed by atoms with Crippen LogP contribution in [0.25, 0.3) is 0 Å². The van der Waals surface area contributed by atoms with Crippen molar-refractivity contribution in [3.05, 3.63) is 17.2 Å². The molecular formula is C16H25O4Zr-. The van der Waals surface area contributed by atoms with Crippen molar-refractivity contribution in [2.45, 2.75) is 41.2 Å². The van der Waals surface area contributed by atoms with Gasteiger partial charge in [0.25, 0.3) is 0 Å². The Balaban J connectivity index is 0.00000400. The van der Waals surface area contributed by atoms with Crippen LogP contribution in [0.4, 0.5) is 0 Å². The molecule has 0 aliphatic carbocycles. The van der Waals surface area contributed by atoms with Gasteiger partial charge >= 0.3 is 0 Å². The van der Waals surface area contributed by atoms with E-state index in [2.05, 4.69) is 6.07 Å². The molecule has 0 aliphatic heterocycles. The van der Waals surface area contributed by atoms with Crippen LogP contribution in [-0.4, -0.2) is 26.4 Å². The number of rotatable bonds is 9. The van der Waals surface area contributed by atoms with Crippen LogP contribution in [-0.2, 0) is 37.5 Å². The van der Waals surface area contributed by atoms with Crippen LogP contribution < -0.4 is 14.2 Å². The molecule has 0 fully saturated rings. The third-order valence-electron chi connectivity index (χ3n) is 2.68. The van der Waals surface area contributed by atoms with Gasteiger partial charge in [-0.2, -0.15) is 6.07 Å². The monoisotopic (exact) mass is 371 g/mol. The molecule has 0 heterocycles. The van der Waals surface area contributed by atoms with E-state index in [0.717, 1.165) is 11.1 Å².